The molecule has 0 aliphatic heterocycles. The molecule has 0 atom stereocenters. The van der Waals surface area contributed by atoms with Crippen LogP contribution in [0.5, 0.6) is 5.75 Å². The Bertz CT molecular complexity index is 1030. The predicted octanol–water partition coefficient (Wildman–Crippen LogP) is 2.47. The van der Waals surface area contributed by atoms with Gasteiger partial charge in [-0.1, -0.05) is 12.1 Å². The summed E-state index contributed by atoms with van der Waals surface area (Å²) in [6.45, 7) is 7.50. The maximum absolute atomic E-state index is 12.4. The SMILES string of the molecule is Cc1cccc(OCC(=O)NNC(=O)c2cc3cnn(C(C)C)c3nc2C)c1. The lowest BCUT2D eigenvalue weighted by Gasteiger charge is -2.11. The number of hydrogen-bond acceptors (Lipinski definition) is 5. The zero-order chi connectivity index (χ0) is 20.3. The molecule has 0 bridgehead atoms. The maximum atomic E-state index is 12.4. The Hall–Kier alpha value is -3.42. The third-order valence-corrected chi connectivity index (χ3v) is 4.17. The molecule has 0 radical (unpaired) electrons. The Labute approximate surface area is 162 Å². The molecule has 146 valence electrons. The minimum absolute atomic E-state index is 0.164. The average Bonchev–Trinajstić information content (AvgIpc) is 3.06. The van der Waals surface area contributed by atoms with E-state index in [0.29, 0.717) is 17.0 Å². The highest BCUT2D eigenvalue weighted by molar-refractivity contribution is 5.99. The summed E-state index contributed by atoms with van der Waals surface area (Å²) in [4.78, 5) is 28.9. The molecule has 8 heteroatoms. The van der Waals surface area contributed by atoms with E-state index in [0.717, 1.165) is 16.6 Å². The topological polar surface area (TPSA) is 98.1 Å². The first-order valence-electron chi connectivity index (χ1n) is 8.98. The van der Waals surface area contributed by atoms with Gasteiger partial charge >= 0.3 is 0 Å². The number of aryl methyl sites for hydroxylation is 2. The molecule has 2 aromatic heterocycles. The van der Waals surface area contributed by atoms with Crippen LogP contribution in [-0.4, -0.2) is 33.2 Å². The molecule has 0 aliphatic rings. The van der Waals surface area contributed by atoms with Crippen LogP contribution in [0.25, 0.3) is 11.0 Å². The van der Waals surface area contributed by atoms with Crippen LogP contribution < -0.4 is 15.6 Å². The molecule has 8 nitrogen and oxygen atoms in total. The monoisotopic (exact) mass is 381 g/mol. The van der Waals surface area contributed by atoms with Crippen LogP contribution in [0, 0.1) is 13.8 Å². The normalized spacial score (nSPS) is 10.9. The van der Waals surface area contributed by atoms with Gasteiger partial charge in [-0.25, -0.2) is 9.67 Å². The highest BCUT2D eigenvalue weighted by Crippen LogP contribution is 2.19. The molecule has 2 amide bonds. The number of rotatable bonds is 5. The summed E-state index contributed by atoms with van der Waals surface area (Å²) < 4.78 is 7.21. The first-order chi connectivity index (χ1) is 13.3. The number of aromatic nitrogens is 3. The molecule has 0 saturated heterocycles. The molecule has 3 aromatic rings. The third-order valence-electron chi connectivity index (χ3n) is 4.17. The number of carbonyl (C=O) groups excluding carboxylic acids is 2. The molecule has 0 saturated carbocycles. The number of hydrogen-bond donors (Lipinski definition) is 2. The molecule has 2 heterocycles. The van der Waals surface area contributed by atoms with Crippen molar-refractivity contribution in [1.82, 2.24) is 25.6 Å². The van der Waals surface area contributed by atoms with Gasteiger partial charge in [0.15, 0.2) is 12.3 Å². The second-order valence-electron chi connectivity index (χ2n) is 6.82. The van der Waals surface area contributed by atoms with Gasteiger partial charge in [-0.15, -0.1) is 0 Å². The minimum Gasteiger partial charge on any atom is -0.484 e. The number of nitrogens with zero attached hydrogens (tertiary/aromatic N) is 3. The molecule has 0 fully saturated rings. The van der Waals surface area contributed by atoms with Gasteiger partial charge in [0.05, 0.1) is 17.5 Å². The van der Waals surface area contributed by atoms with E-state index in [1.165, 1.54) is 0 Å². The van der Waals surface area contributed by atoms with Crippen LogP contribution in [0.1, 0.15) is 41.5 Å². The van der Waals surface area contributed by atoms with Crippen molar-refractivity contribution >= 4 is 22.8 Å². The first-order valence-corrected chi connectivity index (χ1v) is 8.98. The van der Waals surface area contributed by atoms with Crippen molar-refractivity contribution < 1.29 is 14.3 Å². The molecular weight excluding hydrogens is 358 g/mol. The fourth-order valence-corrected chi connectivity index (χ4v) is 2.76. The number of nitrogens with one attached hydrogen (secondary N) is 2. The van der Waals surface area contributed by atoms with E-state index >= 15 is 0 Å². The Kier molecular flexibility index (Phi) is 5.58. The molecule has 1 aromatic carbocycles. The quantitative estimate of drug-likeness (QED) is 0.662. The summed E-state index contributed by atoms with van der Waals surface area (Å²) in [7, 11) is 0. The lowest BCUT2D eigenvalue weighted by molar-refractivity contribution is -0.123. The van der Waals surface area contributed by atoms with Gasteiger partial charge < -0.3 is 4.74 Å². The van der Waals surface area contributed by atoms with Crippen molar-refractivity contribution in [2.45, 2.75) is 33.7 Å². The number of benzene rings is 1. The Balaban J connectivity index is 1.61. The first kappa shape index (κ1) is 19.3. The highest BCUT2D eigenvalue weighted by atomic mass is 16.5. The molecular formula is C20H23N5O3. The summed E-state index contributed by atoms with van der Waals surface area (Å²) in [5.74, 6) is -0.323. The van der Waals surface area contributed by atoms with Crippen molar-refractivity contribution in [2.75, 3.05) is 6.61 Å². The summed E-state index contributed by atoms with van der Waals surface area (Å²) in [5.41, 5.74) is 7.43. The average molecular weight is 381 g/mol. The summed E-state index contributed by atoms with van der Waals surface area (Å²) in [5, 5.41) is 5.07. The highest BCUT2D eigenvalue weighted by Gasteiger charge is 2.16. The third kappa shape index (κ3) is 4.28. The zero-order valence-corrected chi connectivity index (χ0v) is 16.3. The van der Waals surface area contributed by atoms with E-state index in [2.05, 4.69) is 20.9 Å². The van der Waals surface area contributed by atoms with Gasteiger partial charge in [0.2, 0.25) is 0 Å². The fourth-order valence-electron chi connectivity index (χ4n) is 2.76. The summed E-state index contributed by atoms with van der Waals surface area (Å²) >= 11 is 0. The second kappa shape index (κ2) is 8.08. The van der Waals surface area contributed by atoms with Crippen molar-refractivity contribution in [2.24, 2.45) is 0 Å². The van der Waals surface area contributed by atoms with Gasteiger partial charge in [0.1, 0.15) is 5.75 Å². The molecule has 2 N–H and O–H groups in total. The standard InChI is InChI=1S/C20H23N5O3/c1-12(2)25-19-15(10-21-25)9-17(14(4)22-19)20(27)24-23-18(26)11-28-16-7-5-6-13(3)8-16/h5-10,12H,11H2,1-4H3,(H,23,26)(H,24,27). The largest absolute Gasteiger partial charge is 0.484 e. The van der Waals surface area contributed by atoms with Crippen LogP contribution in [-0.2, 0) is 4.79 Å². The van der Waals surface area contributed by atoms with E-state index in [-0.39, 0.29) is 12.6 Å². The molecule has 3 rings (SSSR count). The Morgan fingerprint density at radius 2 is 1.96 bits per heavy atom. The number of pyridine rings is 1. The van der Waals surface area contributed by atoms with E-state index in [4.69, 9.17) is 4.74 Å². The van der Waals surface area contributed by atoms with Gasteiger partial charge in [0, 0.05) is 11.4 Å². The lowest BCUT2D eigenvalue weighted by atomic mass is 10.1. The van der Waals surface area contributed by atoms with Crippen LogP contribution in [0.4, 0.5) is 0 Å². The van der Waals surface area contributed by atoms with Crippen molar-refractivity contribution in [3.63, 3.8) is 0 Å². The van der Waals surface area contributed by atoms with Crippen LogP contribution in [0.15, 0.2) is 36.5 Å². The smallest absolute Gasteiger partial charge is 0.276 e. The van der Waals surface area contributed by atoms with Crippen LogP contribution >= 0.6 is 0 Å². The maximum Gasteiger partial charge on any atom is 0.276 e. The zero-order valence-electron chi connectivity index (χ0n) is 16.3. The number of hydrazine groups is 1. The predicted molar refractivity (Wildman–Crippen MR) is 105 cm³/mol. The number of carbonyl (C=O) groups is 2. The van der Waals surface area contributed by atoms with Crippen LogP contribution in [0.3, 0.4) is 0 Å². The fraction of sp³-hybridized carbons (Fsp3) is 0.300. The van der Waals surface area contributed by atoms with Crippen LogP contribution in [0.2, 0.25) is 0 Å². The van der Waals surface area contributed by atoms with Gasteiger partial charge in [0.25, 0.3) is 11.8 Å². The molecule has 28 heavy (non-hydrogen) atoms. The van der Waals surface area contributed by atoms with Crippen molar-refractivity contribution in [3.8, 4) is 5.75 Å². The van der Waals surface area contributed by atoms with Crippen molar-refractivity contribution in [3.05, 3.63) is 53.3 Å². The van der Waals surface area contributed by atoms with Gasteiger partial charge in [-0.2, -0.15) is 5.10 Å². The van der Waals surface area contributed by atoms with E-state index in [1.807, 2.05) is 39.0 Å². The Morgan fingerprint density at radius 1 is 1.18 bits per heavy atom. The number of fused-ring (bicyclic) bond motifs is 1. The number of ether oxygens (including phenoxy) is 1. The number of amides is 2. The van der Waals surface area contributed by atoms with E-state index < -0.39 is 11.8 Å². The van der Waals surface area contributed by atoms with Gasteiger partial charge in [-0.3, -0.25) is 20.4 Å². The molecule has 0 spiro atoms. The van der Waals surface area contributed by atoms with E-state index in [1.54, 1.807) is 29.9 Å². The lowest BCUT2D eigenvalue weighted by Crippen LogP contribution is -2.44. The van der Waals surface area contributed by atoms with Crippen molar-refractivity contribution in [1.29, 1.82) is 0 Å². The second-order valence-corrected chi connectivity index (χ2v) is 6.82. The molecule has 0 aliphatic carbocycles. The minimum atomic E-state index is -0.464. The summed E-state index contributed by atoms with van der Waals surface area (Å²) in [6.07, 6.45) is 1.67. The summed E-state index contributed by atoms with van der Waals surface area (Å²) in [6, 6.07) is 9.25. The molecule has 0 unspecified atom stereocenters. The van der Waals surface area contributed by atoms with Gasteiger partial charge in [-0.05, 0) is 51.5 Å². The van der Waals surface area contributed by atoms with E-state index in [9.17, 15) is 9.59 Å². The Morgan fingerprint density at radius 3 is 2.68 bits per heavy atom.